The molecule has 7 heteroatoms. The van der Waals surface area contributed by atoms with Crippen molar-refractivity contribution in [2.45, 2.75) is 37.6 Å². The molecule has 0 radical (unpaired) electrons. The maximum atomic E-state index is 14.0. The van der Waals surface area contributed by atoms with Crippen LogP contribution >= 0.6 is 0 Å². The van der Waals surface area contributed by atoms with Crippen molar-refractivity contribution in [3.8, 4) is 0 Å². The maximum absolute atomic E-state index is 14.0. The van der Waals surface area contributed by atoms with Gasteiger partial charge >= 0.3 is 0 Å². The summed E-state index contributed by atoms with van der Waals surface area (Å²) in [6.07, 6.45) is 1.21. The normalized spacial score (nSPS) is 30.1. The van der Waals surface area contributed by atoms with E-state index < -0.39 is 36.1 Å². The number of hydrogen-bond donors (Lipinski definition) is 2. The molecular formula is C15H17F2N3O2. The first-order chi connectivity index (χ1) is 10.4. The topological polar surface area (TPSA) is 71.1 Å². The Hall–Kier alpha value is -2.05. The Balaban J connectivity index is 1.76. The number of aromatic nitrogens is 1. The molecule has 1 aromatic heterocycles. The van der Waals surface area contributed by atoms with Crippen molar-refractivity contribution in [2.24, 2.45) is 5.41 Å². The van der Waals surface area contributed by atoms with Crippen molar-refractivity contribution in [3.63, 3.8) is 0 Å². The van der Waals surface area contributed by atoms with E-state index in [0.717, 1.165) is 0 Å². The summed E-state index contributed by atoms with van der Waals surface area (Å²) in [6, 6.07) is 4.11. The third kappa shape index (κ3) is 2.80. The molecule has 2 amide bonds. The molecule has 2 aliphatic rings. The van der Waals surface area contributed by atoms with Crippen molar-refractivity contribution in [1.29, 1.82) is 0 Å². The first-order valence-corrected chi connectivity index (χ1v) is 7.28. The Morgan fingerprint density at radius 3 is 2.82 bits per heavy atom. The third-order valence-electron chi connectivity index (χ3n) is 4.38. The molecular weight excluding hydrogens is 292 g/mol. The number of amides is 2. The first kappa shape index (κ1) is 14.9. The molecule has 22 heavy (non-hydrogen) atoms. The van der Waals surface area contributed by atoms with Gasteiger partial charge in [-0.15, -0.1) is 0 Å². The number of nitrogens with zero attached hydrogens (tertiary/aromatic N) is 1. The maximum Gasteiger partial charge on any atom is 0.270 e. The van der Waals surface area contributed by atoms with E-state index in [2.05, 4.69) is 15.6 Å². The van der Waals surface area contributed by atoms with Gasteiger partial charge in [0.25, 0.3) is 11.8 Å². The van der Waals surface area contributed by atoms with Crippen LogP contribution in [0.3, 0.4) is 0 Å². The van der Waals surface area contributed by atoms with E-state index in [0.29, 0.717) is 13.0 Å². The van der Waals surface area contributed by atoms with Crippen LogP contribution < -0.4 is 10.6 Å². The van der Waals surface area contributed by atoms with E-state index in [1.807, 2.05) is 0 Å². The van der Waals surface area contributed by atoms with Gasteiger partial charge in [0.05, 0.1) is 5.41 Å². The molecule has 3 rings (SSSR count). The summed E-state index contributed by atoms with van der Waals surface area (Å²) in [6.45, 7) is 0.413. The molecule has 0 aromatic carbocycles. The molecule has 1 saturated heterocycles. The molecule has 1 aromatic rings. The summed E-state index contributed by atoms with van der Waals surface area (Å²) in [5.41, 5.74) is -0.884. The second-order valence-electron chi connectivity index (χ2n) is 6.11. The Morgan fingerprint density at radius 1 is 1.36 bits per heavy atom. The zero-order valence-corrected chi connectivity index (χ0v) is 11.9. The predicted octanol–water partition coefficient (Wildman–Crippen LogP) is 1.51. The minimum absolute atomic E-state index is 0.182. The van der Waals surface area contributed by atoms with Gasteiger partial charge in [0, 0.05) is 31.6 Å². The Kier molecular flexibility index (Phi) is 3.58. The van der Waals surface area contributed by atoms with Crippen molar-refractivity contribution < 1.29 is 18.4 Å². The van der Waals surface area contributed by atoms with Gasteiger partial charge in [0.15, 0.2) is 0 Å². The molecule has 2 heterocycles. The molecule has 1 aliphatic heterocycles. The summed E-state index contributed by atoms with van der Waals surface area (Å²) in [5.74, 6) is -3.78. The highest BCUT2D eigenvalue weighted by Gasteiger charge is 2.55. The summed E-state index contributed by atoms with van der Waals surface area (Å²) in [4.78, 5) is 28.0. The average Bonchev–Trinajstić information content (AvgIpc) is 2.78. The summed E-state index contributed by atoms with van der Waals surface area (Å²) >= 11 is 0. The molecule has 1 spiro atoms. The van der Waals surface area contributed by atoms with Crippen LogP contribution in [-0.2, 0) is 4.79 Å². The number of halogens is 2. The van der Waals surface area contributed by atoms with Crippen LogP contribution in [-0.4, -0.2) is 35.3 Å². The van der Waals surface area contributed by atoms with E-state index in [-0.39, 0.29) is 18.0 Å². The molecule has 0 bridgehead atoms. The number of alkyl halides is 2. The van der Waals surface area contributed by atoms with Gasteiger partial charge in [0.1, 0.15) is 5.69 Å². The van der Waals surface area contributed by atoms with Crippen molar-refractivity contribution in [2.75, 3.05) is 6.54 Å². The number of carbonyl (C=O) groups is 2. The van der Waals surface area contributed by atoms with Gasteiger partial charge in [-0.2, -0.15) is 0 Å². The predicted molar refractivity (Wildman–Crippen MR) is 74.3 cm³/mol. The average molecular weight is 309 g/mol. The van der Waals surface area contributed by atoms with Gasteiger partial charge in [-0.1, -0.05) is 6.07 Å². The van der Waals surface area contributed by atoms with Gasteiger partial charge < -0.3 is 10.6 Å². The van der Waals surface area contributed by atoms with Crippen LogP contribution in [0.2, 0.25) is 0 Å². The molecule has 118 valence electrons. The van der Waals surface area contributed by atoms with Crippen molar-refractivity contribution in [3.05, 3.63) is 30.1 Å². The van der Waals surface area contributed by atoms with E-state index in [1.54, 1.807) is 12.1 Å². The Bertz CT molecular complexity index is 594. The standard InChI is InChI=1S/C15H17F2N3O2/c16-15(17)8-10(7-14(9-15)4-6-19-13(14)22)20-12(21)11-3-1-2-5-18-11/h1-3,5,10H,4,6-9H2,(H,19,22)(H,20,21). The fourth-order valence-corrected chi connectivity index (χ4v) is 3.48. The minimum Gasteiger partial charge on any atom is -0.356 e. The number of nitrogens with one attached hydrogen (secondary N) is 2. The number of pyridine rings is 1. The zero-order valence-electron chi connectivity index (χ0n) is 11.9. The summed E-state index contributed by atoms with van der Waals surface area (Å²) in [5, 5.41) is 5.23. The van der Waals surface area contributed by atoms with Crippen LogP contribution in [0.25, 0.3) is 0 Å². The fourth-order valence-electron chi connectivity index (χ4n) is 3.48. The minimum atomic E-state index is -2.96. The Labute approximate surface area is 126 Å². The van der Waals surface area contributed by atoms with Crippen LogP contribution in [0.15, 0.2) is 24.4 Å². The number of hydrogen-bond acceptors (Lipinski definition) is 3. The van der Waals surface area contributed by atoms with Gasteiger partial charge in [-0.3, -0.25) is 14.6 Å². The molecule has 2 atom stereocenters. The molecule has 1 aliphatic carbocycles. The van der Waals surface area contributed by atoms with E-state index >= 15 is 0 Å². The lowest BCUT2D eigenvalue weighted by Crippen LogP contribution is -2.51. The fraction of sp³-hybridized carbons (Fsp3) is 0.533. The van der Waals surface area contributed by atoms with Crippen LogP contribution in [0.1, 0.15) is 36.2 Å². The highest BCUT2D eigenvalue weighted by molar-refractivity contribution is 5.92. The van der Waals surface area contributed by atoms with E-state index in [4.69, 9.17) is 0 Å². The lowest BCUT2D eigenvalue weighted by Gasteiger charge is -2.40. The molecule has 5 nitrogen and oxygen atoms in total. The smallest absolute Gasteiger partial charge is 0.270 e. The van der Waals surface area contributed by atoms with Crippen LogP contribution in [0.5, 0.6) is 0 Å². The molecule has 2 fully saturated rings. The van der Waals surface area contributed by atoms with Gasteiger partial charge in [-0.25, -0.2) is 8.78 Å². The first-order valence-electron chi connectivity index (χ1n) is 7.28. The SMILES string of the molecule is O=C(NC1CC(F)(F)CC2(CCNC2=O)C1)c1ccccn1. The second kappa shape index (κ2) is 5.30. The lowest BCUT2D eigenvalue weighted by molar-refractivity contribution is -0.142. The molecule has 1 saturated carbocycles. The molecule has 2 unspecified atom stereocenters. The van der Waals surface area contributed by atoms with Crippen LogP contribution in [0, 0.1) is 5.41 Å². The van der Waals surface area contributed by atoms with Crippen LogP contribution in [0.4, 0.5) is 8.78 Å². The van der Waals surface area contributed by atoms with Gasteiger partial charge in [0.2, 0.25) is 5.91 Å². The quantitative estimate of drug-likeness (QED) is 0.870. The highest BCUT2D eigenvalue weighted by Crippen LogP contribution is 2.48. The van der Waals surface area contributed by atoms with Gasteiger partial charge in [-0.05, 0) is 25.0 Å². The zero-order chi connectivity index (χ0) is 15.8. The largest absolute Gasteiger partial charge is 0.356 e. The van der Waals surface area contributed by atoms with Crippen molar-refractivity contribution in [1.82, 2.24) is 15.6 Å². The molecule has 2 N–H and O–H groups in total. The third-order valence-corrected chi connectivity index (χ3v) is 4.38. The number of rotatable bonds is 2. The summed E-state index contributed by atoms with van der Waals surface area (Å²) in [7, 11) is 0. The monoisotopic (exact) mass is 309 g/mol. The number of carbonyl (C=O) groups excluding carboxylic acids is 2. The lowest BCUT2D eigenvalue weighted by atomic mass is 9.69. The van der Waals surface area contributed by atoms with E-state index in [1.165, 1.54) is 12.3 Å². The highest BCUT2D eigenvalue weighted by atomic mass is 19.3. The van der Waals surface area contributed by atoms with E-state index in [9.17, 15) is 18.4 Å². The Morgan fingerprint density at radius 2 is 2.18 bits per heavy atom. The van der Waals surface area contributed by atoms with Crippen molar-refractivity contribution >= 4 is 11.8 Å². The second-order valence-corrected chi connectivity index (χ2v) is 6.11. The summed E-state index contributed by atoms with van der Waals surface area (Å²) < 4.78 is 28.1.